The molecule has 0 fully saturated rings. The Morgan fingerprint density at radius 2 is 0.810 bits per heavy atom. The molecule has 0 saturated heterocycles. The number of aliphatic hydroxyl groups is 2. The zero-order valence-corrected chi connectivity index (χ0v) is 73.1. The fraction of sp³-hybridized carbons (Fsp3) is 0.351. The van der Waals surface area contributed by atoms with Gasteiger partial charge in [-0.15, -0.1) is 11.6 Å². The number of nitrogens with one attached hydrogen (secondary N) is 6. The fourth-order valence-corrected chi connectivity index (χ4v) is 15.6. The van der Waals surface area contributed by atoms with Crippen molar-refractivity contribution in [1.82, 2.24) is 60.1 Å². The Kier molecular flexibility index (Phi) is 34.5. The van der Waals surface area contributed by atoms with E-state index in [2.05, 4.69) is 200 Å². The summed E-state index contributed by atoms with van der Waals surface area (Å²) < 4.78 is 15.5. The summed E-state index contributed by atoms with van der Waals surface area (Å²) in [6, 6.07) is 56.9. The number of hydrogen-bond donors (Lipinski definition) is 9. The molecule has 4 amide bonds. The van der Waals surface area contributed by atoms with Crippen LogP contribution in [0.3, 0.4) is 0 Å². The molecule has 0 radical (unpaired) electrons. The van der Waals surface area contributed by atoms with E-state index in [9.17, 15) is 34.2 Å². The van der Waals surface area contributed by atoms with Crippen LogP contribution in [0.25, 0.3) is 67.3 Å². The van der Waals surface area contributed by atoms with Gasteiger partial charge in [0.05, 0.1) is 90.4 Å². The minimum atomic E-state index is -1.67. The van der Waals surface area contributed by atoms with Crippen LogP contribution >= 0.6 is 33.0 Å². The number of nitrogens with zero attached hydrogens (tertiary/aromatic N) is 8. The van der Waals surface area contributed by atoms with Gasteiger partial charge < -0.3 is 61.5 Å². The van der Waals surface area contributed by atoms with Crippen molar-refractivity contribution < 1.29 is 38.4 Å². The maximum Gasteiger partial charge on any atom is 0.253 e. The molecule has 9 heterocycles. The van der Waals surface area contributed by atoms with Gasteiger partial charge in [-0.25, -0.2) is 19.2 Å². The van der Waals surface area contributed by atoms with E-state index in [4.69, 9.17) is 41.8 Å². The third kappa shape index (κ3) is 24.9. The zero-order chi connectivity index (χ0) is 86.8. The fourth-order valence-electron chi connectivity index (χ4n) is 15.1. The molecular weight excluding hydrogens is 1610 g/mol. The van der Waals surface area contributed by atoms with E-state index in [1.165, 1.54) is 12.5 Å². The topological polar surface area (TPSA) is 322 Å². The lowest BCUT2D eigenvalue weighted by molar-refractivity contribution is 0.0948. The number of nitrogen functional groups attached to an aromatic ring is 1. The number of anilines is 2. The van der Waals surface area contributed by atoms with Crippen molar-refractivity contribution in [1.29, 1.82) is 5.26 Å². The number of rotatable bonds is 17. The summed E-state index contributed by atoms with van der Waals surface area (Å²) in [4.78, 5) is 75.8. The van der Waals surface area contributed by atoms with Crippen LogP contribution in [0, 0.1) is 35.0 Å². The van der Waals surface area contributed by atoms with Gasteiger partial charge in [-0.2, -0.15) is 5.26 Å². The summed E-state index contributed by atoms with van der Waals surface area (Å²) in [5, 5.41) is 45.3. The van der Waals surface area contributed by atoms with E-state index in [0.717, 1.165) is 154 Å². The molecule has 6 aliphatic rings. The van der Waals surface area contributed by atoms with Gasteiger partial charge in [-0.05, 0) is 120 Å². The molecule has 636 valence electrons. The number of benzene rings is 8. The largest absolute Gasteiger partial charge is 0.397 e. The first-order valence-corrected chi connectivity index (χ1v) is 44.4. The molecule has 27 heteroatoms. The third-order valence-electron chi connectivity index (χ3n) is 20.8. The normalized spacial score (nSPS) is 15.2. The first-order valence-electron chi connectivity index (χ1n) is 41.2. The average molecular weight is 1720 g/mol. The van der Waals surface area contributed by atoms with Crippen molar-refractivity contribution in [2.45, 2.75) is 131 Å². The summed E-state index contributed by atoms with van der Waals surface area (Å²) in [6.07, 6.45) is 12.3. The predicted molar refractivity (Wildman–Crippen MR) is 489 cm³/mol. The predicted octanol–water partition coefficient (Wildman–Crippen LogP) is 17.4. The maximum atomic E-state index is 12.4. The molecule has 0 saturated carbocycles. The summed E-state index contributed by atoms with van der Waals surface area (Å²) >= 11 is 6.52. The zero-order valence-electron chi connectivity index (χ0n) is 70.0. The van der Waals surface area contributed by atoms with E-state index in [-0.39, 0.29) is 29.0 Å². The molecule has 6 aliphatic heterocycles. The number of imidazole rings is 3. The lowest BCUT2D eigenvalue weighted by Crippen LogP contribution is -2.27. The lowest BCUT2D eigenvalue weighted by atomic mass is 9.95. The van der Waals surface area contributed by atoms with Crippen LogP contribution in [0.4, 0.5) is 11.4 Å². The third-order valence-corrected chi connectivity index (χ3v) is 21.2. The maximum absolute atomic E-state index is 12.4. The van der Waals surface area contributed by atoms with E-state index in [1.807, 2.05) is 78.9 Å². The van der Waals surface area contributed by atoms with E-state index < -0.39 is 21.4 Å². The van der Waals surface area contributed by atoms with Crippen LogP contribution in [0.2, 0.25) is 0 Å². The Morgan fingerprint density at radius 1 is 0.471 bits per heavy atom. The Hall–Kier alpha value is -10.9. The molecule has 3 aromatic heterocycles. The number of aromatic nitrogens is 6. The number of aldehydes is 1. The van der Waals surface area contributed by atoms with Gasteiger partial charge in [0.1, 0.15) is 23.8 Å². The average Bonchev–Trinajstić information content (AvgIpc) is 1.62. The van der Waals surface area contributed by atoms with Crippen LogP contribution in [0.5, 0.6) is 0 Å². The number of nitriles is 1. The number of amides is 4. The highest BCUT2D eigenvalue weighted by atomic mass is 36.0. The van der Waals surface area contributed by atoms with Crippen LogP contribution in [-0.4, -0.2) is 137 Å². The van der Waals surface area contributed by atoms with E-state index in [0.29, 0.717) is 109 Å². The highest BCUT2D eigenvalue weighted by Crippen LogP contribution is 2.37. The molecule has 10 N–H and O–H groups in total. The van der Waals surface area contributed by atoms with Gasteiger partial charge in [0, 0.05) is 135 Å². The highest BCUT2D eigenvalue weighted by Gasteiger charge is 2.28. The number of alkyl halides is 1. The minimum Gasteiger partial charge on any atom is -0.397 e. The van der Waals surface area contributed by atoms with Gasteiger partial charge in [0.15, 0.2) is 0 Å². The second-order valence-corrected chi connectivity index (χ2v) is 34.7. The molecule has 17 rings (SSSR count). The molecule has 23 nitrogen and oxygen atoms in total. The van der Waals surface area contributed by atoms with E-state index >= 15 is 0 Å². The first kappa shape index (κ1) is 92.4. The van der Waals surface area contributed by atoms with E-state index in [1.54, 1.807) is 48.5 Å². The molecule has 0 bridgehead atoms. The number of fused-ring (bicyclic) bond motifs is 1. The van der Waals surface area contributed by atoms with Crippen LogP contribution in [-0.2, 0) is 28.9 Å². The van der Waals surface area contributed by atoms with Gasteiger partial charge in [-0.3, -0.25) is 28.9 Å². The molecule has 0 aliphatic carbocycles. The molecule has 11 aromatic rings. The van der Waals surface area contributed by atoms with Crippen LogP contribution in [0.15, 0.2) is 194 Å². The summed E-state index contributed by atoms with van der Waals surface area (Å²) in [7, 11) is 7.36. The SMILES string of the molecule is C1=CCNC1.CC#N.CC(C)CC(Cl)c1ccc(-c2nc3cccc4c3n2CCNC4=O)cc1.CC(C)CC(O)c1ccc(-c2nc3cccc4c3n2CCNC4=O)cc1.CC(C)CC(O)c1ccc(C=O)cc1.CC(C)CC(c1ccc(-c2nc3cccc4c3n2CCNC4=O)cc1)N1CC=CC1.Nc1cccc2c1NCCNC2=O.O=S(Cl)Cl. The summed E-state index contributed by atoms with van der Waals surface area (Å²) in [5.41, 5.74) is 23.2. The Balaban J connectivity index is 0.000000157. The number of carbonyl (C=O) groups is 5. The van der Waals surface area contributed by atoms with Crippen molar-refractivity contribution in [3.8, 4) is 40.2 Å². The number of nitrogens with two attached hydrogens (primary N) is 1. The number of halogens is 3. The highest BCUT2D eigenvalue weighted by molar-refractivity contribution is 8.26. The molecule has 4 atom stereocenters. The Labute approximate surface area is 725 Å². The standard InChI is InChI=1S/C25H28N4O.C21H22ClN3O.C21H23N3O2.C12H16O2.C9H11N3O.C4H7N.C2H3N.Cl2OS/c1-17(2)16-22(28-13-3-4-14-28)18-8-10-19(11-9-18)24-27-21-7-5-6-20-23(21)29(24)15-12-26-25(20)30;1-13(2)12-17(22)14-6-8-15(9-7-14)20-24-18-5-3-4-16-19(18)25(20)11-10-23-21(16)26;1-13(2)12-18(25)14-6-8-15(9-7-14)20-23-17-5-3-4-16-19(17)24(20)11-10-22-21(16)26;1-9(2)7-12(14)11-5-3-10(8-13)4-6-11;10-7-3-1-2-6-8(7)11-4-5-12-9(6)13;1-2-4-5-3-1;1-2-3;1-4(2)3/h3-11,17,22H,12-16H2,1-2H3,(H,26,30);3-9,13,17H,10-12H2,1-2H3,(H,23,26);3-9,13,18,25H,10-12H2,1-2H3,(H,22,26);3-6,8-9,12,14H,7H2,1-2H3;1-3,11H,4-5,10H2,(H,12,13);1-2,5H,3-4H2;1H3;. The molecule has 121 heavy (non-hydrogen) atoms. The molecule has 4 unspecified atom stereocenters. The Bertz CT molecular complexity index is 5290. The lowest BCUT2D eigenvalue weighted by Gasteiger charge is -2.29. The van der Waals surface area contributed by atoms with Gasteiger partial charge in [0.2, 0.25) is 9.23 Å². The summed E-state index contributed by atoms with van der Waals surface area (Å²) in [5.74, 6) is 4.64. The van der Waals surface area contributed by atoms with Crippen LogP contribution < -0.4 is 37.6 Å². The summed E-state index contributed by atoms with van der Waals surface area (Å²) in [6.45, 7) is 28.2. The van der Waals surface area contributed by atoms with Crippen molar-refractivity contribution in [3.63, 3.8) is 0 Å². The second-order valence-electron chi connectivity index (χ2n) is 31.6. The molecular formula is C94H110Cl3N15O8S. The van der Waals surface area contributed by atoms with Crippen molar-refractivity contribution in [2.75, 3.05) is 70.0 Å². The quantitative estimate of drug-likeness (QED) is 0.0134. The van der Waals surface area contributed by atoms with Gasteiger partial charge in [-0.1, -0.05) is 201 Å². The second kappa shape index (κ2) is 45.2. The minimum absolute atomic E-state index is 0.0168. The van der Waals surface area contributed by atoms with Crippen molar-refractivity contribution in [3.05, 3.63) is 244 Å². The van der Waals surface area contributed by atoms with Gasteiger partial charge in [0.25, 0.3) is 23.6 Å². The Morgan fingerprint density at radius 3 is 1.18 bits per heavy atom. The smallest absolute Gasteiger partial charge is 0.253 e. The number of hydrogen-bond acceptors (Lipinski definition) is 16. The number of aliphatic hydroxyl groups excluding tert-OH is 2. The first-order chi connectivity index (χ1) is 58.3. The monoisotopic (exact) mass is 1710 g/mol. The number of carbonyl (C=O) groups excluding carboxylic acids is 5. The number of para-hydroxylation sites is 4. The van der Waals surface area contributed by atoms with Gasteiger partial charge >= 0.3 is 0 Å². The van der Waals surface area contributed by atoms with Crippen molar-refractivity contribution >= 4 is 117 Å². The van der Waals surface area contributed by atoms with Crippen LogP contribution in [0.1, 0.15) is 186 Å². The molecule has 8 aromatic carbocycles. The van der Waals surface area contributed by atoms with Crippen molar-refractivity contribution in [2.24, 2.45) is 23.7 Å². The molecule has 0 spiro atoms.